The van der Waals surface area contributed by atoms with Crippen LogP contribution in [0.4, 0.5) is 11.4 Å². The molecular weight excluding hydrogens is 404 g/mol. The van der Waals surface area contributed by atoms with Gasteiger partial charge in [0.2, 0.25) is 0 Å². The molecule has 11 heteroatoms. The molecule has 0 spiro atoms. The highest BCUT2D eigenvalue weighted by Crippen LogP contribution is 2.15. The minimum absolute atomic E-state index is 0.0737. The number of carboxylic acid groups (broad SMARTS) is 1. The fourth-order valence-electron chi connectivity index (χ4n) is 2.00. The van der Waals surface area contributed by atoms with Gasteiger partial charge in [-0.2, -0.15) is 5.10 Å². The van der Waals surface area contributed by atoms with E-state index in [1.54, 1.807) is 0 Å². The van der Waals surface area contributed by atoms with Crippen LogP contribution in [0.3, 0.4) is 0 Å². The monoisotopic (exact) mass is 415 g/mol. The number of nitrogens with zero attached hydrogens (tertiary/aromatic N) is 2. The predicted molar refractivity (Wildman–Crippen MR) is 103 cm³/mol. The lowest BCUT2D eigenvalue weighted by Crippen LogP contribution is -2.32. The number of hydrazone groups is 1. The van der Waals surface area contributed by atoms with Crippen LogP contribution in [-0.2, 0) is 9.59 Å². The number of halogens is 1. The van der Waals surface area contributed by atoms with Gasteiger partial charge in [-0.3, -0.25) is 19.7 Å². The van der Waals surface area contributed by atoms with Crippen molar-refractivity contribution in [1.82, 2.24) is 5.43 Å². The number of carboxylic acids is 1. The minimum Gasteiger partial charge on any atom is -0.545 e. The number of nitro groups is 1. The topological polar surface area (TPSA) is 154 Å². The first kappa shape index (κ1) is 21.3. The largest absolute Gasteiger partial charge is 0.545 e. The first-order valence-electron chi connectivity index (χ1n) is 7.83. The maximum absolute atomic E-state index is 11.8. The van der Waals surface area contributed by atoms with Gasteiger partial charge in [0, 0.05) is 17.8 Å². The van der Waals surface area contributed by atoms with E-state index in [1.165, 1.54) is 48.5 Å². The van der Waals surface area contributed by atoms with E-state index in [0.29, 0.717) is 5.56 Å². The molecule has 2 aromatic carbocycles. The van der Waals surface area contributed by atoms with Crippen LogP contribution in [-0.4, -0.2) is 28.9 Å². The van der Waals surface area contributed by atoms with Crippen LogP contribution in [0.5, 0.6) is 0 Å². The lowest BCUT2D eigenvalue weighted by molar-refractivity contribution is -0.384. The van der Waals surface area contributed by atoms with E-state index in [-0.39, 0.29) is 22.0 Å². The number of amides is 2. The summed E-state index contributed by atoms with van der Waals surface area (Å²) in [7, 11) is 0. The summed E-state index contributed by atoms with van der Waals surface area (Å²) >= 11 is 5.92. The van der Waals surface area contributed by atoms with Crippen molar-refractivity contribution in [2.45, 2.75) is 0 Å². The summed E-state index contributed by atoms with van der Waals surface area (Å²) in [5.41, 5.74) is 2.37. The van der Waals surface area contributed by atoms with Crippen molar-refractivity contribution in [3.8, 4) is 0 Å². The fourth-order valence-corrected chi connectivity index (χ4v) is 2.18. The molecule has 0 saturated heterocycles. The molecular formula is C18H12ClN4O6-. The van der Waals surface area contributed by atoms with Gasteiger partial charge in [-0.25, -0.2) is 5.43 Å². The Morgan fingerprint density at radius 2 is 1.76 bits per heavy atom. The van der Waals surface area contributed by atoms with E-state index in [4.69, 9.17) is 11.6 Å². The molecule has 0 aliphatic rings. The zero-order chi connectivity index (χ0) is 21.4. The zero-order valence-corrected chi connectivity index (χ0v) is 15.3. The second kappa shape index (κ2) is 9.76. The van der Waals surface area contributed by atoms with Crippen molar-refractivity contribution in [2.24, 2.45) is 5.10 Å². The maximum Gasteiger partial charge on any atom is 0.329 e. The number of aromatic carboxylic acids is 1. The molecule has 0 bridgehead atoms. The summed E-state index contributed by atoms with van der Waals surface area (Å²) in [5, 5.41) is 27.2. The van der Waals surface area contributed by atoms with Gasteiger partial charge in [0.25, 0.3) is 5.69 Å². The second-order valence-corrected chi connectivity index (χ2v) is 5.84. The van der Waals surface area contributed by atoms with Gasteiger partial charge in [-0.1, -0.05) is 23.7 Å². The van der Waals surface area contributed by atoms with Crippen LogP contribution in [0, 0.1) is 10.1 Å². The van der Waals surface area contributed by atoms with Crippen molar-refractivity contribution in [3.05, 3.63) is 74.8 Å². The first-order chi connectivity index (χ1) is 13.8. The number of allylic oxidation sites excluding steroid dienone is 1. The number of nitro benzene ring substituents is 1. The molecule has 0 atom stereocenters. The lowest BCUT2D eigenvalue weighted by atomic mass is 10.2. The number of nitrogens with one attached hydrogen (secondary N) is 2. The van der Waals surface area contributed by atoms with Gasteiger partial charge in [0.15, 0.2) is 0 Å². The normalized spacial score (nSPS) is 11.1. The standard InChI is InChI=1S/C18H13ClN4O6/c19-13(8-11-4-6-15(7-5-11)23(28)29)10-20-22-17(25)16(24)21-14-3-1-2-12(9-14)18(26)27/h1-10H,(H,21,24)(H,22,25)(H,26,27)/p-1/b13-8-,20-10-. The molecule has 0 radical (unpaired) electrons. The van der Waals surface area contributed by atoms with Gasteiger partial charge in [-0.15, -0.1) is 0 Å². The molecule has 0 saturated carbocycles. The first-order valence-corrected chi connectivity index (χ1v) is 8.21. The summed E-state index contributed by atoms with van der Waals surface area (Å²) in [5.74, 6) is -3.61. The average Bonchev–Trinajstić information content (AvgIpc) is 2.68. The van der Waals surface area contributed by atoms with Crippen LogP contribution in [0.15, 0.2) is 58.7 Å². The zero-order valence-electron chi connectivity index (χ0n) is 14.5. The van der Waals surface area contributed by atoms with Crippen molar-refractivity contribution in [3.63, 3.8) is 0 Å². The summed E-state index contributed by atoms with van der Waals surface area (Å²) in [6, 6.07) is 10.7. The van der Waals surface area contributed by atoms with Crippen molar-refractivity contribution in [1.29, 1.82) is 0 Å². The van der Waals surface area contributed by atoms with Crippen LogP contribution in [0.1, 0.15) is 15.9 Å². The number of rotatable bonds is 6. The molecule has 0 aliphatic heterocycles. The van der Waals surface area contributed by atoms with E-state index in [0.717, 1.165) is 12.3 Å². The van der Waals surface area contributed by atoms with E-state index in [1.807, 2.05) is 5.43 Å². The van der Waals surface area contributed by atoms with Crippen LogP contribution >= 0.6 is 11.6 Å². The maximum atomic E-state index is 11.8. The Hall–Kier alpha value is -4.05. The van der Waals surface area contributed by atoms with Gasteiger partial charge in [0.05, 0.1) is 22.1 Å². The Kier molecular flexibility index (Phi) is 7.15. The smallest absolute Gasteiger partial charge is 0.329 e. The Labute approximate surface area is 168 Å². The fraction of sp³-hybridized carbons (Fsp3) is 0. The number of benzene rings is 2. The second-order valence-electron chi connectivity index (χ2n) is 5.40. The molecule has 0 aliphatic carbocycles. The van der Waals surface area contributed by atoms with Crippen molar-refractivity contribution < 1.29 is 24.4 Å². The number of anilines is 1. The Balaban J connectivity index is 1.92. The number of hydrogen-bond acceptors (Lipinski definition) is 7. The molecule has 2 N–H and O–H groups in total. The average molecular weight is 416 g/mol. The third-order valence-corrected chi connectivity index (χ3v) is 3.53. The molecule has 10 nitrogen and oxygen atoms in total. The van der Waals surface area contributed by atoms with Crippen LogP contribution in [0.25, 0.3) is 6.08 Å². The third kappa shape index (κ3) is 6.56. The number of hydrogen-bond donors (Lipinski definition) is 2. The number of non-ortho nitro benzene ring substituents is 1. The summed E-state index contributed by atoms with van der Waals surface area (Å²) in [4.78, 5) is 44.3. The van der Waals surface area contributed by atoms with Gasteiger partial charge in [0.1, 0.15) is 0 Å². The molecule has 148 valence electrons. The van der Waals surface area contributed by atoms with Gasteiger partial charge in [-0.05, 0) is 41.5 Å². The molecule has 0 heterocycles. The highest BCUT2D eigenvalue weighted by molar-refractivity contribution is 6.42. The minimum atomic E-state index is -1.43. The van der Waals surface area contributed by atoms with Gasteiger partial charge >= 0.3 is 11.8 Å². The van der Waals surface area contributed by atoms with E-state index < -0.39 is 22.7 Å². The SMILES string of the molecule is O=C(N/N=C\C(Cl)=C\c1ccc([N+](=O)[O-])cc1)C(=O)Nc1cccc(C(=O)[O-])c1. The molecule has 0 unspecified atom stereocenters. The molecule has 0 aromatic heterocycles. The molecule has 29 heavy (non-hydrogen) atoms. The van der Waals surface area contributed by atoms with Crippen LogP contribution < -0.4 is 15.8 Å². The molecule has 2 rings (SSSR count). The quantitative estimate of drug-likeness (QED) is 0.313. The van der Waals surface area contributed by atoms with Crippen molar-refractivity contribution in [2.75, 3.05) is 5.32 Å². The molecule has 0 fully saturated rings. The van der Waals surface area contributed by atoms with Gasteiger partial charge < -0.3 is 15.2 Å². The third-order valence-electron chi connectivity index (χ3n) is 3.32. The highest BCUT2D eigenvalue weighted by Gasteiger charge is 2.13. The van der Waals surface area contributed by atoms with E-state index in [2.05, 4.69) is 10.4 Å². The van der Waals surface area contributed by atoms with Crippen molar-refractivity contribution >= 4 is 53.0 Å². The lowest BCUT2D eigenvalue weighted by Gasteiger charge is -2.07. The Morgan fingerprint density at radius 3 is 2.38 bits per heavy atom. The Bertz CT molecular complexity index is 1020. The Morgan fingerprint density at radius 1 is 1.07 bits per heavy atom. The molecule has 2 aromatic rings. The predicted octanol–water partition coefficient (Wildman–Crippen LogP) is 1.28. The summed E-state index contributed by atoms with van der Waals surface area (Å²) < 4.78 is 0. The van der Waals surface area contributed by atoms with E-state index >= 15 is 0 Å². The summed E-state index contributed by atoms with van der Waals surface area (Å²) in [6.07, 6.45) is 2.50. The van der Waals surface area contributed by atoms with Crippen LogP contribution in [0.2, 0.25) is 0 Å². The molecule has 2 amide bonds. The number of carbonyl (C=O) groups is 3. The summed E-state index contributed by atoms with van der Waals surface area (Å²) in [6.45, 7) is 0. The van der Waals surface area contributed by atoms with E-state index in [9.17, 15) is 29.6 Å². The number of carbonyl (C=O) groups excluding carboxylic acids is 3. The highest BCUT2D eigenvalue weighted by atomic mass is 35.5.